The van der Waals surface area contributed by atoms with Crippen molar-refractivity contribution in [2.75, 3.05) is 7.11 Å². The van der Waals surface area contributed by atoms with Gasteiger partial charge in [-0.2, -0.15) is 0 Å². The third kappa shape index (κ3) is 2.30. The van der Waals surface area contributed by atoms with E-state index in [1.807, 2.05) is 28.7 Å². The van der Waals surface area contributed by atoms with Crippen molar-refractivity contribution < 1.29 is 4.74 Å². The molecule has 0 aromatic carbocycles. The molecular formula is C7H8INO2. The van der Waals surface area contributed by atoms with Crippen LogP contribution in [0.3, 0.4) is 0 Å². The molecule has 1 rings (SSSR count). The lowest BCUT2D eigenvalue weighted by Gasteiger charge is -1.97. The van der Waals surface area contributed by atoms with Gasteiger partial charge < -0.3 is 9.72 Å². The molecule has 3 nitrogen and oxygen atoms in total. The topological polar surface area (TPSA) is 42.1 Å². The maximum Gasteiger partial charge on any atom is 0.261 e. The Bertz CT molecular complexity index is 295. The van der Waals surface area contributed by atoms with E-state index in [1.54, 1.807) is 13.3 Å². The van der Waals surface area contributed by atoms with Gasteiger partial charge in [-0.05, 0) is 34.2 Å². The molecule has 0 atom stereocenters. The van der Waals surface area contributed by atoms with Crippen LogP contribution in [-0.4, -0.2) is 12.1 Å². The minimum absolute atomic E-state index is 0.0505. The van der Waals surface area contributed by atoms with Crippen LogP contribution in [0.1, 0.15) is 5.56 Å². The number of methoxy groups -OCH3 is 1. The average Bonchev–Trinajstić information content (AvgIpc) is 1.98. The molecule has 1 N–H and O–H groups in total. The number of rotatable bonds is 2. The van der Waals surface area contributed by atoms with Crippen LogP contribution in [0, 0.1) is 3.57 Å². The van der Waals surface area contributed by atoms with Crippen LogP contribution >= 0.6 is 22.6 Å². The molecule has 0 bridgehead atoms. The number of hydrogen-bond donors (Lipinski definition) is 1. The van der Waals surface area contributed by atoms with E-state index in [4.69, 9.17) is 4.74 Å². The summed E-state index contributed by atoms with van der Waals surface area (Å²) in [6, 6.07) is 1.81. The largest absolute Gasteiger partial charge is 0.380 e. The third-order valence-electron chi connectivity index (χ3n) is 1.23. The smallest absolute Gasteiger partial charge is 0.261 e. The SMILES string of the molecule is COCc1c[nH]c(=O)c(I)c1. The summed E-state index contributed by atoms with van der Waals surface area (Å²) in [6.07, 6.45) is 1.66. The number of hydrogen-bond acceptors (Lipinski definition) is 2. The average molecular weight is 265 g/mol. The van der Waals surface area contributed by atoms with Crippen LogP contribution in [0.5, 0.6) is 0 Å². The second-order valence-corrected chi connectivity index (χ2v) is 3.28. The van der Waals surface area contributed by atoms with E-state index in [0.29, 0.717) is 10.2 Å². The molecular weight excluding hydrogens is 257 g/mol. The second-order valence-electron chi connectivity index (χ2n) is 2.12. The molecule has 60 valence electrons. The Morgan fingerprint density at radius 1 is 1.73 bits per heavy atom. The molecule has 1 aromatic heterocycles. The zero-order chi connectivity index (χ0) is 8.27. The zero-order valence-electron chi connectivity index (χ0n) is 6.06. The predicted molar refractivity (Wildman–Crippen MR) is 50.5 cm³/mol. The lowest BCUT2D eigenvalue weighted by molar-refractivity contribution is 0.184. The van der Waals surface area contributed by atoms with Crippen molar-refractivity contribution in [1.82, 2.24) is 4.98 Å². The predicted octanol–water partition coefficient (Wildman–Crippen LogP) is 1.13. The molecule has 11 heavy (non-hydrogen) atoms. The van der Waals surface area contributed by atoms with E-state index in [2.05, 4.69) is 4.98 Å². The van der Waals surface area contributed by atoms with Crippen LogP contribution in [-0.2, 0) is 11.3 Å². The van der Waals surface area contributed by atoms with Crippen LogP contribution in [0.4, 0.5) is 0 Å². The lowest BCUT2D eigenvalue weighted by atomic mass is 10.3. The monoisotopic (exact) mass is 265 g/mol. The summed E-state index contributed by atoms with van der Waals surface area (Å²) in [5, 5.41) is 0. The van der Waals surface area contributed by atoms with Crippen LogP contribution < -0.4 is 5.56 Å². The highest BCUT2D eigenvalue weighted by molar-refractivity contribution is 14.1. The summed E-state index contributed by atoms with van der Waals surface area (Å²) >= 11 is 1.99. The van der Waals surface area contributed by atoms with Gasteiger partial charge in [-0.15, -0.1) is 0 Å². The number of aromatic nitrogens is 1. The Labute approximate surface area is 77.9 Å². The minimum Gasteiger partial charge on any atom is -0.380 e. The summed E-state index contributed by atoms with van der Waals surface area (Å²) in [4.78, 5) is 13.5. The van der Waals surface area contributed by atoms with E-state index >= 15 is 0 Å². The maximum atomic E-state index is 10.9. The van der Waals surface area contributed by atoms with E-state index < -0.39 is 0 Å². The highest BCUT2D eigenvalue weighted by atomic mass is 127. The molecule has 0 fully saturated rings. The fourth-order valence-corrected chi connectivity index (χ4v) is 1.30. The van der Waals surface area contributed by atoms with E-state index in [-0.39, 0.29) is 5.56 Å². The summed E-state index contributed by atoms with van der Waals surface area (Å²) in [6.45, 7) is 0.535. The van der Waals surface area contributed by atoms with Crippen molar-refractivity contribution in [3.8, 4) is 0 Å². The number of halogens is 1. The van der Waals surface area contributed by atoms with Crippen LogP contribution in [0.2, 0.25) is 0 Å². The Morgan fingerprint density at radius 2 is 2.45 bits per heavy atom. The fourth-order valence-electron chi connectivity index (χ4n) is 0.747. The molecule has 0 radical (unpaired) electrons. The lowest BCUT2D eigenvalue weighted by Crippen LogP contribution is -2.09. The van der Waals surface area contributed by atoms with Gasteiger partial charge in [-0.1, -0.05) is 0 Å². The number of aromatic amines is 1. The van der Waals surface area contributed by atoms with E-state index in [1.165, 1.54) is 0 Å². The van der Waals surface area contributed by atoms with Gasteiger partial charge in [0.15, 0.2) is 0 Å². The van der Waals surface area contributed by atoms with E-state index in [9.17, 15) is 4.79 Å². The Balaban J connectivity index is 2.96. The summed E-state index contributed by atoms with van der Waals surface area (Å²) in [5.74, 6) is 0. The molecule has 0 unspecified atom stereocenters. The Hall–Kier alpha value is -0.360. The van der Waals surface area contributed by atoms with Gasteiger partial charge in [0.05, 0.1) is 10.2 Å². The highest BCUT2D eigenvalue weighted by Crippen LogP contribution is 2.01. The van der Waals surface area contributed by atoms with E-state index in [0.717, 1.165) is 5.56 Å². The first-order chi connectivity index (χ1) is 5.24. The van der Waals surface area contributed by atoms with Crippen molar-refractivity contribution in [3.05, 3.63) is 31.8 Å². The molecule has 0 saturated heterocycles. The van der Waals surface area contributed by atoms with Crippen LogP contribution in [0.15, 0.2) is 17.1 Å². The zero-order valence-corrected chi connectivity index (χ0v) is 8.21. The molecule has 0 aliphatic carbocycles. The molecule has 0 spiro atoms. The Morgan fingerprint density at radius 3 is 3.00 bits per heavy atom. The molecule has 4 heteroatoms. The minimum atomic E-state index is -0.0505. The second kappa shape index (κ2) is 3.87. The van der Waals surface area contributed by atoms with Gasteiger partial charge in [-0.25, -0.2) is 0 Å². The summed E-state index contributed by atoms with van der Waals surface area (Å²) < 4.78 is 5.59. The van der Waals surface area contributed by atoms with Gasteiger partial charge >= 0.3 is 0 Å². The molecule has 0 aliphatic rings. The first-order valence-corrected chi connectivity index (χ1v) is 4.18. The van der Waals surface area contributed by atoms with Crippen molar-refractivity contribution in [1.29, 1.82) is 0 Å². The van der Waals surface area contributed by atoms with Gasteiger partial charge in [0.1, 0.15) is 0 Å². The number of ether oxygens (including phenoxy) is 1. The maximum absolute atomic E-state index is 10.9. The van der Waals surface area contributed by atoms with Gasteiger partial charge in [0, 0.05) is 13.3 Å². The van der Waals surface area contributed by atoms with Gasteiger partial charge in [0.2, 0.25) is 0 Å². The molecule has 0 amide bonds. The van der Waals surface area contributed by atoms with Gasteiger partial charge in [0.25, 0.3) is 5.56 Å². The summed E-state index contributed by atoms with van der Waals surface area (Å²) in [7, 11) is 1.62. The van der Waals surface area contributed by atoms with Gasteiger partial charge in [-0.3, -0.25) is 4.79 Å². The normalized spacial score (nSPS) is 10.0. The number of nitrogens with one attached hydrogen (secondary N) is 1. The number of pyridine rings is 1. The first-order valence-electron chi connectivity index (χ1n) is 3.10. The number of H-pyrrole nitrogens is 1. The van der Waals surface area contributed by atoms with Crippen molar-refractivity contribution >= 4 is 22.6 Å². The first kappa shape index (κ1) is 8.73. The van der Waals surface area contributed by atoms with Crippen molar-refractivity contribution in [3.63, 3.8) is 0 Å². The fraction of sp³-hybridized carbons (Fsp3) is 0.286. The molecule has 1 aromatic rings. The quantitative estimate of drug-likeness (QED) is 0.814. The van der Waals surface area contributed by atoms with Crippen molar-refractivity contribution in [2.45, 2.75) is 6.61 Å². The van der Waals surface area contributed by atoms with Crippen LogP contribution in [0.25, 0.3) is 0 Å². The molecule has 1 heterocycles. The molecule has 0 saturated carbocycles. The molecule has 0 aliphatic heterocycles. The standard InChI is InChI=1S/C7H8INO2/c1-11-4-5-2-6(8)7(10)9-3-5/h2-3H,4H2,1H3,(H,9,10). The third-order valence-corrected chi connectivity index (χ3v) is 2.03. The van der Waals surface area contributed by atoms with Crippen molar-refractivity contribution in [2.24, 2.45) is 0 Å². The highest BCUT2D eigenvalue weighted by Gasteiger charge is 1.96. The Kier molecular flexibility index (Phi) is 3.07. The summed E-state index contributed by atoms with van der Waals surface area (Å²) in [5.41, 5.74) is 0.932.